The van der Waals surface area contributed by atoms with Crippen LogP contribution in [0.5, 0.6) is 0 Å². The normalized spacial score (nSPS) is 18.4. The molecule has 35 heavy (non-hydrogen) atoms. The second-order valence-corrected chi connectivity index (χ2v) is 10.6. The molecular formula is C26H37F3N2O4. The van der Waals surface area contributed by atoms with E-state index in [9.17, 15) is 22.8 Å². The van der Waals surface area contributed by atoms with Crippen LogP contribution in [0.25, 0.3) is 6.08 Å². The molecule has 1 saturated heterocycles. The number of esters is 1. The Kier molecular flexibility index (Phi) is 9.39. The number of nitrogens with one attached hydrogen (secondary N) is 1. The van der Waals surface area contributed by atoms with Gasteiger partial charge in [-0.3, -0.25) is 4.79 Å². The van der Waals surface area contributed by atoms with E-state index >= 15 is 0 Å². The van der Waals surface area contributed by atoms with Crippen molar-refractivity contribution < 1.29 is 32.2 Å². The highest BCUT2D eigenvalue weighted by Gasteiger charge is 2.50. The Hall–Kier alpha value is -2.55. The Morgan fingerprint density at radius 1 is 1.09 bits per heavy atom. The van der Waals surface area contributed by atoms with Crippen molar-refractivity contribution in [2.45, 2.75) is 83.7 Å². The van der Waals surface area contributed by atoms with Crippen molar-refractivity contribution in [3.63, 3.8) is 0 Å². The number of alkyl halides is 3. The van der Waals surface area contributed by atoms with Gasteiger partial charge in [0.05, 0.1) is 6.04 Å². The molecule has 1 fully saturated rings. The lowest BCUT2D eigenvalue weighted by atomic mass is 9.85. The number of piperazine rings is 1. The van der Waals surface area contributed by atoms with Crippen molar-refractivity contribution in [3.05, 3.63) is 41.5 Å². The van der Waals surface area contributed by atoms with Gasteiger partial charge in [0.15, 0.2) is 0 Å². The molecule has 1 aliphatic heterocycles. The molecule has 1 amide bonds. The molecule has 0 radical (unpaired) electrons. The lowest BCUT2D eigenvalue weighted by Gasteiger charge is -2.42. The number of nitrogens with zero attached hydrogens (tertiary/aromatic N) is 1. The molecule has 6 nitrogen and oxygen atoms in total. The average Bonchev–Trinajstić information content (AvgIpc) is 2.69. The SMILES string of the molecule is CC(C)(C)OC(=O)CC/C=C/c1ccccc1C(C1CNCCN1C(=O)OC(C)(C)C)C(F)(F)F. The van der Waals surface area contributed by atoms with Gasteiger partial charge in [0.25, 0.3) is 0 Å². The summed E-state index contributed by atoms with van der Waals surface area (Å²) in [6.07, 6.45) is -1.66. The first-order valence-electron chi connectivity index (χ1n) is 11.8. The predicted octanol–water partition coefficient (Wildman–Crippen LogP) is 5.68. The lowest BCUT2D eigenvalue weighted by molar-refractivity contribution is -0.165. The van der Waals surface area contributed by atoms with Gasteiger partial charge < -0.3 is 19.7 Å². The van der Waals surface area contributed by atoms with E-state index in [-0.39, 0.29) is 31.0 Å². The molecule has 0 aromatic heterocycles. The standard InChI is InChI=1S/C26H37F3N2O4/c1-24(2,3)34-21(32)14-10-8-12-18-11-7-9-13-19(18)22(26(27,28)29)20-17-30-15-16-31(20)23(33)35-25(4,5)6/h7-9,11-13,20,22,30H,10,14-17H2,1-6H3/b12-8+. The Morgan fingerprint density at radius 3 is 2.31 bits per heavy atom. The van der Waals surface area contributed by atoms with Crippen LogP contribution in [-0.4, -0.2) is 60.0 Å². The van der Waals surface area contributed by atoms with E-state index in [0.29, 0.717) is 18.5 Å². The van der Waals surface area contributed by atoms with Gasteiger partial charge in [-0.15, -0.1) is 0 Å². The van der Waals surface area contributed by atoms with E-state index in [4.69, 9.17) is 9.47 Å². The number of ether oxygens (including phenoxy) is 2. The molecular weight excluding hydrogens is 461 g/mol. The number of hydrogen-bond donors (Lipinski definition) is 1. The number of carbonyl (C=O) groups excluding carboxylic acids is 2. The van der Waals surface area contributed by atoms with Gasteiger partial charge in [0.1, 0.15) is 17.1 Å². The number of benzene rings is 1. The van der Waals surface area contributed by atoms with Crippen molar-refractivity contribution in [2.24, 2.45) is 0 Å². The quantitative estimate of drug-likeness (QED) is 0.512. The summed E-state index contributed by atoms with van der Waals surface area (Å²) in [7, 11) is 0. The first-order valence-corrected chi connectivity index (χ1v) is 11.8. The molecule has 0 aliphatic carbocycles. The van der Waals surface area contributed by atoms with Crippen LogP contribution in [0.2, 0.25) is 0 Å². The van der Waals surface area contributed by atoms with E-state index < -0.39 is 35.4 Å². The zero-order valence-corrected chi connectivity index (χ0v) is 21.4. The van der Waals surface area contributed by atoms with Gasteiger partial charge in [0.2, 0.25) is 0 Å². The number of hydrogen-bond acceptors (Lipinski definition) is 5. The van der Waals surface area contributed by atoms with E-state index in [1.807, 2.05) is 0 Å². The van der Waals surface area contributed by atoms with Crippen molar-refractivity contribution in [3.8, 4) is 0 Å². The molecule has 0 spiro atoms. The average molecular weight is 499 g/mol. The van der Waals surface area contributed by atoms with E-state index in [2.05, 4.69) is 5.32 Å². The zero-order valence-electron chi connectivity index (χ0n) is 21.4. The molecule has 196 valence electrons. The van der Waals surface area contributed by atoms with Crippen LogP contribution in [0, 0.1) is 0 Å². The minimum Gasteiger partial charge on any atom is -0.460 e. The smallest absolute Gasteiger partial charge is 0.410 e. The Bertz CT molecular complexity index is 901. The molecule has 1 N–H and O–H groups in total. The van der Waals surface area contributed by atoms with E-state index in [1.54, 1.807) is 71.9 Å². The largest absolute Gasteiger partial charge is 0.460 e. The molecule has 1 heterocycles. The highest BCUT2D eigenvalue weighted by Crippen LogP contribution is 2.41. The maximum absolute atomic E-state index is 14.5. The minimum atomic E-state index is -4.61. The van der Waals surface area contributed by atoms with Crippen molar-refractivity contribution in [1.82, 2.24) is 10.2 Å². The summed E-state index contributed by atoms with van der Waals surface area (Å²) in [6.45, 7) is 10.8. The van der Waals surface area contributed by atoms with Crippen LogP contribution in [0.4, 0.5) is 18.0 Å². The number of allylic oxidation sites excluding steroid dienone is 1. The Balaban J connectivity index is 2.31. The molecule has 2 atom stereocenters. The number of amides is 1. The fourth-order valence-electron chi connectivity index (χ4n) is 3.92. The summed E-state index contributed by atoms with van der Waals surface area (Å²) >= 11 is 0. The highest BCUT2D eigenvalue weighted by molar-refractivity contribution is 5.70. The molecule has 2 rings (SSSR count). The molecule has 0 saturated carbocycles. The lowest BCUT2D eigenvalue weighted by Crippen LogP contribution is -2.59. The maximum Gasteiger partial charge on any atom is 0.410 e. The fourth-order valence-corrected chi connectivity index (χ4v) is 3.92. The van der Waals surface area contributed by atoms with Gasteiger partial charge in [0, 0.05) is 26.1 Å². The van der Waals surface area contributed by atoms with Crippen LogP contribution in [0.3, 0.4) is 0 Å². The monoisotopic (exact) mass is 498 g/mol. The van der Waals surface area contributed by atoms with Crippen LogP contribution >= 0.6 is 0 Å². The number of halogens is 3. The third-order valence-corrected chi connectivity index (χ3v) is 5.21. The summed E-state index contributed by atoms with van der Waals surface area (Å²) in [6, 6.07) is 5.09. The van der Waals surface area contributed by atoms with Crippen LogP contribution in [0.15, 0.2) is 30.3 Å². The third-order valence-electron chi connectivity index (χ3n) is 5.21. The fraction of sp³-hybridized carbons (Fsp3) is 0.615. The molecule has 2 unspecified atom stereocenters. The van der Waals surface area contributed by atoms with Crippen molar-refractivity contribution in [2.75, 3.05) is 19.6 Å². The number of carbonyl (C=O) groups is 2. The van der Waals surface area contributed by atoms with Gasteiger partial charge in [-0.1, -0.05) is 36.4 Å². The van der Waals surface area contributed by atoms with Gasteiger partial charge >= 0.3 is 18.2 Å². The second kappa shape index (κ2) is 11.5. The second-order valence-electron chi connectivity index (χ2n) is 10.6. The highest BCUT2D eigenvalue weighted by atomic mass is 19.4. The van der Waals surface area contributed by atoms with Gasteiger partial charge in [-0.2, -0.15) is 13.2 Å². The molecule has 1 aliphatic rings. The summed E-state index contributed by atoms with van der Waals surface area (Å²) in [5.74, 6) is -2.29. The van der Waals surface area contributed by atoms with Crippen LogP contribution in [-0.2, 0) is 14.3 Å². The first-order chi connectivity index (χ1) is 16.1. The zero-order chi connectivity index (χ0) is 26.4. The summed E-state index contributed by atoms with van der Waals surface area (Å²) in [4.78, 5) is 25.9. The third kappa shape index (κ3) is 9.20. The summed E-state index contributed by atoms with van der Waals surface area (Å²) in [5, 5.41) is 2.99. The predicted molar refractivity (Wildman–Crippen MR) is 129 cm³/mol. The molecule has 1 aromatic carbocycles. The summed E-state index contributed by atoms with van der Waals surface area (Å²) in [5.41, 5.74) is -0.972. The first kappa shape index (κ1) is 28.7. The van der Waals surface area contributed by atoms with Gasteiger partial charge in [-0.05, 0) is 59.1 Å². The van der Waals surface area contributed by atoms with Crippen LogP contribution in [0.1, 0.15) is 71.4 Å². The van der Waals surface area contributed by atoms with E-state index in [0.717, 1.165) is 0 Å². The van der Waals surface area contributed by atoms with E-state index in [1.165, 1.54) is 11.0 Å². The van der Waals surface area contributed by atoms with Gasteiger partial charge in [-0.25, -0.2) is 4.79 Å². The van der Waals surface area contributed by atoms with Crippen molar-refractivity contribution >= 4 is 18.1 Å². The Morgan fingerprint density at radius 2 is 1.71 bits per heavy atom. The topological polar surface area (TPSA) is 67.9 Å². The van der Waals surface area contributed by atoms with Crippen LogP contribution < -0.4 is 5.32 Å². The van der Waals surface area contributed by atoms with Crippen molar-refractivity contribution in [1.29, 1.82) is 0 Å². The maximum atomic E-state index is 14.5. The minimum absolute atomic E-state index is 0.0138. The Labute approximate surface area is 205 Å². The molecule has 1 aromatic rings. The molecule has 9 heteroatoms. The molecule has 0 bridgehead atoms. The number of rotatable bonds is 6. The summed E-state index contributed by atoms with van der Waals surface area (Å²) < 4.78 is 54.2.